The number of hydrogen-bond donors (Lipinski definition) is 2. The van der Waals surface area contributed by atoms with Crippen LogP contribution in [0, 0.1) is 0 Å². The van der Waals surface area contributed by atoms with Crippen LogP contribution >= 0.6 is 7.82 Å². The number of unbranched alkanes of at least 4 members (excludes halogenated alkanes) is 15. The van der Waals surface area contributed by atoms with Gasteiger partial charge in [0.25, 0.3) is 0 Å². The number of aliphatic hydroxyl groups is 1. The third kappa shape index (κ3) is 45.8. The van der Waals surface area contributed by atoms with Crippen LogP contribution in [0.25, 0.3) is 0 Å². The summed E-state index contributed by atoms with van der Waals surface area (Å²) in [7, 11) is -4.77. The highest BCUT2D eigenvalue weighted by Crippen LogP contribution is 2.43. The highest BCUT2D eigenvalue weighted by molar-refractivity contribution is 7.47. The lowest BCUT2D eigenvalue weighted by Crippen LogP contribution is -2.30. The van der Waals surface area contributed by atoms with Crippen molar-refractivity contribution in [3.63, 3.8) is 0 Å². The van der Waals surface area contributed by atoms with Crippen molar-refractivity contribution in [2.24, 2.45) is 0 Å². The Balaban J connectivity index is 4.85. The molecule has 3 unspecified atom stereocenters. The van der Waals surface area contributed by atoms with Gasteiger partial charge in [0.1, 0.15) is 12.7 Å². The zero-order valence-corrected chi connectivity index (χ0v) is 42.3. The molecule has 66 heavy (non-hydrogen) atoms. The second-order valence-electron chi connectivity index (χ2n) is 16.6. The molecule has 0 aromatic heterocycles. The molecule has 0 radical (unpaired) electrons. The van der Waals surface area contributed by atoms with E-state index in [1.165, 1.54) is 57.8 Å². The van der Waals surface area contributed by atoms with Gasteiger partial charge in [-0.3, -0.25) is 23.4 Å². The summed E-state index contributed by atoms with van der Waals surface area (Å²) in [6.07, 6.45) is 52.9. The maximum absolute atomic E-state index is 12.8. The molecule has 0 rings (SSSR count). The fourth-order valence-corrected chi connectivity index (χ4v) is 7.28. The summed E-state index contributed by atoms with van der Waals surface area (Å²) in [6.45, 7) is 4.27. The predicted octanol–water partition coefficient (Wildman–Crippen LogP) is 14.4. The fourth-order valence-electron chi connectivity index (χ4n) is 6.50. The normalized spacial score (nSPS) is 14.2. The van der Waals surface area contributed by atoms with E-state index in [0.717, 1.165) is 83.5 Å². The number of rotatable bonds is 46. The molecular formula is C54H91O11P. The number of esters is 3. The Morgan fingerprint density at radius 2 is 0.818 bits per heavy atom. The molecule has 0 bridgehead atoms. The molecule has 0 aromatic carbocycles. The van der Waals surface area contributed by atoms with Crippen molar-refractivity contribution in [2.45, 2.75) is 213 Å². The van der Waals surface area contributed by atoms with Crippen LogP contribution in [0.15, 0.2) is 85.1 Å². The number of phosphoric ester groups is 1. The summed E-state index contributed by atoms with van der Waals surface area (Å²) in [6, 6.07) is 0. The van der Waals surface area contributed by atoms with Crippen molar-refractivity contribution >= 4 is 25.7 Å². The zero-order valence-electron chi connectivity index (χ0n) is 41.4. The van der Waals surface area contributed by atoms with Gasteiger partial charge in [0.05, 0.1) is 19.8 Å². The number of ether oxygens (including phenoxy) is 3. The smallest absolute Gasteiger partial charge is 0.462 e. The number of hydrogen-bond acceptors (Lipinski definition) is 10. The Labute approximate surface area is 400 Å². The van der Waals surface area contributed by atoms with E-state index in [-0.39, 0.29) is 25.9 Å². The number of allylic oxidation sites excluding steroid dienone is 14. The second kappa shape index (κ2) is 48.1. The predicted molar refractivity (Wildman–Crippen MR) is 270 cm³/mol. The quantitative estimate of drug-likeness (QED) is 0.0197. The van der Waals surface area contributed by atoms with Crippen molar-refractivity contribution in [2.75, 3.05) is 26.4 Å². The van der Waals surface area contributed by atoms with Gasteiger partial charge in [-0.05, 0) is 77.0 Å². The molecule has 0 saturated heterocycles. The minimum absolute atomic E-state index is 0.0426. The van der Waals surface area contributed by atoms with Crippen LogP contribution in [-0.2, 0) is 42.2 Å². The molecule has 0 aliphatic carbocycles. The number of aliphatic hydroxyl groups excluding tert-OH is 1. The average molecular weight is 947 g/mol. The standard InChI is InChI=1S/C54H91O11P/c1-4-7-10-13-16-19-22-25-28-31-34-37-40-43-52(56)61-47-51(65-54(58)45-42-39-36-33-30-27-24-21-18-15-12-9-6-3)49-63-66(59,60)62-48-50(46-55)64-53(57)44-41-38-35-32-29-26-23-20-17-14-11-8-5-2/h8-9,11-12,17-18,20-21,26-27,29-30,36,39,50-51,55H,4-7,10,13-16,19,22-25,28,31-35,37-38,40-49H2,1-3H3,(H,59,60)/b11-8-,12-9-,20-17-,21-18-,29-26-,30-27-,39-36-. The topological polar surface area (TPSA) is 155 Å². The van der Waals surface area contributed by atoms with E-state index in [1.54, 1.807) is 0 Å². The molecule has 3 atom stereocenters. The van der Waals surface area contributed by atoms with Crippen LogP contribution in [-0.4, -0.2) is 66.5 Å². The SMILES string of the molecule is CC/C=C\C/C=C\C/C=C\C/C=C\CCC(=O)OC(COC(=O)CCCCCCCCCCCCCCC)COP(=O)(O)OCC(CO)OC(=O)CCCCC/C=C\C/C=C\C/C=C\CC. The highest BCUT2D eigenvalue weighted by Gasteiger charge is 2.28. The average Bonchev–Trinajstić information content (AvgIpc) is 3.30. The van der Waals surface area contributed by atoms with E-state index in [4.69, 9.17) is 23.3 Å². The Kier molecular flexibility index (Phi) is 45.7. The van der Waals surface area contributed by atoms with Crippen LogP contribution in [0.1, 0.15) is 201 Å². The molecule has 0 spiro atoms. The number of carbonyl (C=O) groups is 3. The van der Waals surface area contributed by atoms with Gasteiger partial charge >= 0.3 is 25.7 Å². The van der Waals surface area contributed by atoms with Gasteiger partial charge in [0.2, 0.25) is 0 Å². The monoisotopic (exact) mass is 947 g/mol. The summed E-state index contributed by atoms with van der Waals surface area (Å²) < 4.78 is 39.2. The van der Waals surface area contributed by atoms with E-state index in [2.05, 4.69) is 93.7 Å². The second-order valence-corrected chi connectivity index (χ2v) is 18.0. The molecule has 378 valence electrons. The first-order chi connectivity index (χ1) is 32.2. The molecule has 0 fully saturated rings. The lowest BCUT2D eigenvalue weighted by Gasteiger charge is -2.21. The lowest BCUT2D eigenvalue weighted by molar-refractivity contribution is -0.161. The van der Waals surface area contributed by atoms with Crippen molar-refractivity contribution in [3.05, 3.63) is 85.1 Å². The van der Waals surface area contributed by atoms with E-state index in [1.807, 2.05) is 12.2 Å². The highest BCUT2D eigenvalue weighted by atomic mass is 31.2. The molecule has 0 saturated carbocycles. The van der Waals surface area contributed by atoms with E-state index in [0.29, 0.717) is 19.3 Å². The summed E-state index contributed by atoms with van der Waals surface area (Å²) in [5.74, 6) is -1.60. The van der Waals surface area contributed by atoms with Gasteiger partial charge in [-0.2, -0.15) is 0 Å². The summed E-state index contributed by atoms with van der Waals surface area (Å²) in [4.78, 5) is 48.2. The first-order valence-electron chi connectivity index (χ1n) is 25.5. The molecule has 0 aliphatic heterocycles. The Morgan fingerprint density at radius 3 is 1.30 bits per heavy atom. The molecule has 0 amide bonds. The minimum atomic E-state index is -4.77. The zero-order chi connectivity index (χ0) is 48.4. The van der Waals surface area contributed by atoms with E-state index < -0.39 is 57.8 Å². The Bertz CT molecular complexity index is 1430. The lowest BCUT2D eigenvalue weighted by atomic mass is 10.0. The summed E-state index contributed by atoms with van der Waals surface area (Å²) >= 11 is 0. The third-order valence-electron chi connectivity index (χ3n) is 10.3. The largest absolute Gasteiger partial charge is 0.472 e. The van der Waals surface area contributed by atoms with Gasteiger partial charge in [-0.1, -0.05) is 189 Å². The number of phosphoric acid groups is 1. The van der Waals surface area contributed by atoms with Crippen LogP contribution in [0.5, 0.6) is 0 Å². The molecular weight excluding hydrogens is 856 g/mol. The van der Waals surface area contributed by atoms with E-state index in [9.17, 15) is 28.9 Å². The van der Waals surface area contributed by atoms with Gasteiger partial charge in [0.15, 0.2) is 6.10 Å². The van der Waals surface area contributed by atoms with Crippen LogP contribution in [0.2, 0.25) is 0 Å². The maximum atomic E-state index is 12.8. The van der Waals surface area contributed by atoms with Crippen LogP contribution in [0.4, 0.5) is 0 Å². The van der Waals surface area contributed by atoms with Gasteiger partial charge in [-0.25, -0.2) is 4.57 Å². The molecule has 2 N–H and O–H groups in total. The first-order valence-corrected chi connectivity index (χ1v) is 27.0. The first kappa shape index (κ1) is 62.7. The fraction of sp³-hybridized carbons (Fsp3) is 0.685. The Morgan fingerprint density at radius 1 is 0.439 bits per heavy atom. The van der Waals surface area contributed by atoms with Gasteiger partial charge in [0, 0.05) is 19.3 Å². The maximum Gasteiger partial charge on any atom is 0.472 e. The van der Waals surface area contributed by atoms with Crippen LogP contribution in [0.3, 0.4) is 0 Å². The van der Waals surface area contributed by atoms with Gasteiger partial charge < -0.3 is 24.2 Å². The van der Waals surface area contributed by atoms with Crippen molar-refractivity contribution in [3.8, 4) is 0 Å². The molecule has 11 nitrogen and oxygen atoms in total. The van der Waals surface area contributed by atoms with E-state index >= 15 is 0 Å². The molecule has 0 aromatic rings. The van der Waals surface area contributed by atoms with Crippen molar-refractivity contribution in [1.29, 1.82) is 0 Å². The Hall–Kier alpha value is -3.34. The van der Waals surface area contributed by atoms with Crippen molar-refractivity contribution in [1.82, 2.24) is 0 Å². The molecule has 12 heteroatoms. The third-order valence-corrected chi connectivity index (χ3v) is 11.3. The summed E-state index contributed by atoms with van der Waals surface area (Å²) in [5, 5.41) is 9.76. The molecule has 0 aliphatic rings. The minimum Gasteiger partial charge on any atom is -0.462 e. The van der Waals surface area contributed by atoms with Crippen molar-refractivity contribution < 1.29 is 52.2 Å². The van der Waals surface area contributed by atoms with Crippen LogP contribution < -0.4 is 0 Å². The van der Waals surface area contributed by atoms with Gasteiger partial charge in [-0.15, -0.1) is 0 Å². The molecule has 0 heterocycles. The summed E-state index contributed by atoms with van der Waals surface area (Å²) in [5.41, 5.74) is 0. The number of carbonyl (C=O) groups excluding carboxylic acids is 3.